The van der Waals surface area contributed by atoms with Crippen molar-refractivity contribution in [1.29, 1.82) is 0 Å². The molecule has 3 aromatic rings. The molecule has 3 aromatic carbocycles. The van der Waals surface area contributed by atoms with E-state index in [2.05, 4.69) is 102 Å². The summed E-state index contributed by atoms with van der Waals surface area (Å²) in [5.74, 6) is -0.740. The van der Waals surface area contributed by atoms with E-state index in [1.807, 2.05) is 0 Å². The van der Waals surface area contributed by atoms with E-state index in [1.165, 1.54) is 14.7 Å². The molecule has 1 fully saturated rings. The number of esters is 1. The fourth-order valence-corrected chi connectivity index (χ4v) is 7.54. The molecule has 0 heterocycles. The number of halogens is 2. The summed E-state index contributed by atoms with van der Waals surface area (Å²) in [5, 5.41) is -4.45. The summed E-state index contributed by atoms with van der Waals surface area (Å²) >= 11 is 0. The van der Waals surface area contributed by atoms with E-state index in [-0.39, 0.29) is 12.3 Å². The van der Waals surface area contributed by atoms with Crippen LogP contribution in [0.4, 0.5) is 8.78 Å². The second kappa shape index (κ2) is 13.4. The first-order valence-corrected chi connectivity index (χ1v) is 16.0. The smallest absolute Gasteiger partial charge is 0.402 e. The molecule has 0 unspecified atom stereocenters. The minimum Gasteiger partial charge on any atom is -0.458 e. The van der Waals surface area contributed by atoms with Crippen LogP contribution in [0.25, 0.3) is 0 Å². The first-order valence-electron chi connectivity index (χ1n) is 12.5. The Kier molecular flexibility index (Phi) is 10.5. The lowest BCUT2D eigenvalue weighted by molar-refractivity contribution is -0.151. The quantitative estimate of drug-likeness (QED) is 0.225. The number of alkyl halides is 2. The predicted molar refractivity (Wildman–Crippen MR) is 146 cm³/mol. The highest BCUT2D eigenvalue weighted by molar-refractivity contribution is 8.33. The van der Waals surface area contributed by atoms with Crippen LogP contribution >= 0.6 is 10.0 Å². The van der Waals surface area contributed by atoms with Crippen molar-refractivity contribution >= 4 is 26.1 Å². The summed E-state index contributed by atoms with van der Waals surface area (Å²) in [7, 11) is -6.72. The summed E-state index contributed by atoms with van der Waals surface area (Å²) in [5.41, 5.74) is 0. The Hall–Kier alpha value is -2.75. The topological polar surface area (TPSA) is 80.7 Å². The minimum absolute atomic E-state index is 0.0154. The van der Waals surface area contributed by atoms with Gasteiger partial charge in [0.15, 0.2) is 6.61 Å². The molecular weight excluding hydrogens is 530 g/mol. The normalized spacial score (nSPS) is 15.2. The third-order valence-electron chi connectivity index (χ3n) is 6.60. The maximum atomic E-state index is 12.8. The molecule has 0 aromatic heterocycles. The summed E-state index contributed by atoms with van der Waals surface area (Å²) in [6.07, 6.45) is 7.20. The molecule has 9 heteroatoms. The van der Waals surface area contributed by atoms with Crippen molar-refractivity contribution in [2.75, 3.05) is 12.9 Å². The van der Waals surface area contributed by atoms with Gasteiger partial charge in [-0.05, 0) is 76.1 Å². The zero-order valence-corrected chi connectivity index (χ0v) is 23.0. The van der Waals surface area contributed by atoms with Gasteiger partial charge in [-0.3, -0.25) is 9.35 Å². The molecular formula is C29H34F2O5S2. The van der Waals surface area contributed by atoms with Gasteiger partial charge >= 0.3 is 21.3 Å². The Morgan fingerprint density at radius 1 is 0.816 bits per heavy atom. The number of rotatable bonds is 8. The zero-order valence-electron chi connectivity index (χ0n) is 21.3. The van der Waals surface area contributed by atoms with Crippen LogP contribution in [0.5, 0.6) is 0 Å². The predicted octanol–water partition coefficient (Wildman–Crippen LogP) is 7.58. The Bertz CT molecular complexity index is 1150. The fourth-order valence-electron chi connectivity index (χ4n) is 4.41. The molecule has 0 atom stereocenters. The molecule has 4 rings (SSSR count). The molecule has 0 amide bonds. The van der Waals surface area contributed by atoms with Gasteiger partial charge < -0.3 is 4.74 Å². The van der Waals surface area contributed by atoms with Gasteiger partial charge in [-0.1, -0.05) is 73.9 Å². The summed E-state index contributed by atoms with van der Waals surface area (Å²) in [4.78, 5) is 15.5. The SMILES string of the molecule is CS(c1ccccc1)(c1ccccc1)c1ccccc1.O=C(CC1CCCCC1)OCC(F)(F)S(=O)(=O)O. The van der Waals surface area contributed by atoms with Gasteiger partial charge in [-0.15, -0.1) is 0 Å². The van der Waals surface area contributed by atoms with Crippen molar-refractivity contribution in [3.63, 3.8) is 0 Å². The molecule has 0 aliphatic heterocycles. The van der Waals surface area contributed by atoms with E-state index in [9.17, 15) is 22.0 Å². The second-order valence-corrected chi connectivity index (χ2v) is 14.1. The van der Waals surface area contributed by atoms with Gasteiger partial charge in [0.05, 0.1) is 0 Å². The Morgan fingerprint density at radius 2 is 1.21 bits per heavy atom. The summed E-state index contributed by atoms with van der Waals surface area (Å²) < 4.78 is 58.5. The number of hydrogen-bond donors (Lipinski definition) is 1. The number of ether oxygens (including phenoxy) is 1. The van der Waals surface area contributed by atoms with Gasteiger partial charge in [0.1, 0.15) is 0 Å². The van der Waals surface area contributed by atoms with E-state index < -0.39 is 38.0 Å². The lowest BCUT2D eigenvalue weighted by Gasteiger charge is -2.37. The summed E-state index contributed by atoms with van der Waals surface area (Å²) in [6, 6.07) is 32.5. The lowest BCUT2D eigenvalue weighted by Crippen LogP contribution is -2.34. The van der Waals surface area contributed by atoms with Crippen LogP contribution in [0.2, 0.25) is 0 Å². The van der Waals surface area contributed by atoms with Crippen molar-refractivity contribution in [1.82, 2.24) is 0 Å². The fraction of sp³-hybridized carbons (Fsp3) is 0.345. The number of benzene rings is 3. The number of carbonyl (C=O) groups is 1. The maximum Gasteiger partial charge on any atom is 0.402 e. The van der Waals surface area contributed by atoms with E-state index in [1.54, 1.807) is 0 Å². The van der Waals surface area contributed by atoms with Crippen LogP contribution in [0.3, 0.4) is 0 Å². The average Bonchev–Trinajstić information content (AvgIpc) is 2.93. The highest BCUT2D eigenvalue weighted by Crippen LogP contribution is 2.65. The third kappa shape index (κ3) is 7.88. The standard InChI is InChI=1S/C19H18S.C10H16F2O5S/c1-20(17-11-5-2-6-12-17,18-13-7-3-8-14-18)19-15-9-4-10-16-19;11-10(12,18(14,15)16)7-17-9(13)6-8-4-2-1-3-5-8/h2-16H,1H3;8H,1-7H2,(H,14,15,16). The Labute approximate surface area is 225 Å². The van der Waals surface area contributed by atoms with Crippen molar-refractivity contribution in [2.45, 2.75) is 58.5 Å². The van der Waals surface area contributed by atoms with E-state index in [0.29, 0.717) is 0 Å². The molecule has 5 nitrogen and oxygen atoms in total. The van der Waals surface area contributed by atoms with Crippen LogP contribution in [0.1, 0.15) is 38.5 Å². The van der Waals surface area contributed by atoms with Gasteiger partial charge in [-0.25, -0.2) is 0 Å². The molecule has 0 saturated heterocycles. The van der Waals surface area contributed by atoms with Crippen LogP contribution in [-0.2, 0) is 19.6 Å². The van der Waals surface area contributed by atoms with Gasteiger partial charge in [0.2, 0.25) is 0 Å². The molecule has 1 N–H and O–H groups in total. The van der Waals surface area contributed by atoms with E-state index in [4.69, 9.17) is 4.55 Å². The van der Waals surface area contributed by atoms with Crippen LogP contribution in [-0.4, -0.2) is 37.1 Å². The molecule has 0 radical (unpaired) electrons. The Balaban J connectivity index is 0.000000212. The van der Waals surface area contributed by atoms with Crippen molar-refractivity contribution in [2.24, 2.45) is 5.92 Å². The molecule has 0 bridgehead atoms. The molecule has 206 valence electrons. The largest absolute Gasteiger partial charge is 0.458 e. The monoisotopic (exact) mass is 564 g/mol. The minimum atomic E-state index is -5.54. The van der Waals surface area contributed by atoms with E-state index in [0.717, 1.165) is 32.1 Å². The third-order valence-corrected chi connectivity index (χ3v) is 11.1. The molecule has 1 aliphatic rings. The second-order valence-electron chi connectivity index (χ2n) is 9.34. The molecule has 1 saturated carbocycles. The number of carbonyl (C=O) groups excluding carboxylic acids is 1. The van der Waals surface area contributed by atoms with Crippen LogP contribution in [0, 0.1) is 5.92 Å². The molecule has 0 spiro atoms. The lowest BCUT2D eigenvalue weighted by atomic mass is 9.87. The highest BCUT2D eigenvalue weighted by atomic mass is 32.3. The van der Waals surface area contributed by atoms with Crippen LogP contribution < -0.4 is 0 Å². The maximum absolute atomic E-state index is 12.8. The van der Waals surface area contributed by atoms with Gasteiger partial charge in [0.25, 0.3) is 0 Å². The van der Waals surface area contributed by atoms with Gasteiger partial charge in [-0.2, -0.15) is 27.2 Å². The van der Waals surface area contributed by atoms with Crippen LogP contribution in [0.15, 0.2) is 106 Å². The number of hydrogen-bond acceptors (Lipinski definition) is 4. The summed E-state index contributed by atoms with van der Waals surface area (Å²) in [6.45, 7) is -1.64. The Morgan fingerprint density at radius 3 is 1.58 bits per heavy atom. The first-order chi connectivity index (χ1) is 18.0. The molecule has 38 heavy (non-hydrogen) atoms. The first kappa shape index (κ1) is 29.8. The zero-order chi connectivity index (χ0) is 27.7. The van der Waals surface area contributed by atoms with Crippen molar-refractivity contribution in [3.05, 3.63) is 91.0 Å². The van der Waals surface area contributed by atoms with Crippen molar-refractivity contribution in [3.8, 4) is 0 Å². The van der Waals surface area contributed by atoms with E-state index >= 15 is 0 Å². The molecule has 1 aliphatic carbocycles. The van der Waals surface area contributed by atoms with Gasteiger partial charge in [0, 0.05) is 6.42 Å². The average molecular weight is 565 g/mol. The van der Waals surface area contributed by atoms with Crippen molar-refractivity contribution < 1.29 is 31.3 Å². The highest BCUT2D eigenvalue weighted by Gasteiger charge is 2.45.